The minimum absolute atomic E-state index is 0.0538. The molecule has 0 aliphatic carbocycles. The number of rotatable bonds is 8. The third-order valence-electron chi connectivity index (χ3n) is 3.70. The second-order valence-corrected chi connectivity index (χ2v) is 6.25. The van der Waals surface area contributed by atoms with Gasteiger partial charge in [-0.3, -0.25) is 9.48 Å². The van der Waals surface area contributed by atoms with E-state index < -0.39 is 17.8 Å². The van der Waals surface area contributed by atoms with Gasteiger partial charge in [0, 0.05) is 6.20 Å². The molecule has 0 radical (unpaired) electrons. The Labute approximate surface area is 164 Å². The second-order valence-electron chi connectivity index (χ2n) is 5.84. The molecule has 0 aliphatic rings. The Balaban J connectivity index is 1.77. The molecule has 28 heavy (non-hydrogen) atoms. The van der Waals surface area contributed by atoms with Gasteiger partial charge in [-0.05, 0) is 17.7 Å². The van der Waals surface area contributed by atoms with Crippen molar-refractivity contribution < 1.29 is 14.3 Å². The van der Waals surface area contributed by atoms with Gasteiger partial charge in [-0.25, -0.2) is 9.37 Å². The highest BCUT2D eigenvalue weighted by molar-refractivity contribution is 6.32. The van der Waals surface area contributed by atoms with Crippen LogP contribution in [0.1, 0.15) is 11.6 Å². The van der Waals surface area contributed by atoms with E-state index in [0.717, 1.165) is 0 Å². The summed E-state index contributed by atoms with van der Waals surface area (Å²) in [6, 6.07) is 5.24. The van der Waals surface area contributed by atoms with Crippen LogP contribution < -0.4 is 16.4 Å². The number of carbonyl (C=O) groups is 1. The standard InChI is InChI=1S/C17H17ClFN7O2/c18-13-6-21-17(23-12-5-22-26(7-12)8-15(20)28)25-16(13)24-14(9-27)10-2-1-3-11(19)4-10/h1-7,14,27H,8-9H2,(H2,20,28)(H2,21,23,24,25)/t14-/m1/s1. The van der Waals surface area contributed by atoms with Gasteiger partial charge in [0.2, 0.25) is 11.9 Å². The molecule has 0 unspecified atom stereocenters. The first-order chi connectivity index (χ1) is 13.4. The number of aliphatic hydroxyl groups is 1. The summed E-state index contributed by atoms with van der Waals surface area (Å²) < 4.78 is 14.8. The third-order valence-corrected chi connectivity index (χ3v) is 3.97. The number of nitrogens with zero attached hydrogens (tertiary/aromatic N) is 4. The molecule has 3 aromatic rings. The fraction of sp³-hybridized carbons (Fsp3) is 0.176. The van der Waals surface area contributed by atoms with Gasteiger partial charge >= 0.3 is 0 Å². The fourth-order valence-electron chi connectivity index (χ4n) is 2.45. The van der Waals surface area contributed by atoms with E-state index >= 15 is 0 Å². The number of primary amides is 1. The Bertz CT molecular complexity index is 982. The van der Waals surface area contributed by atoms with Crippen molar-refractivity contribution in [3.8, 4) is 0 Å². The van der Waals surface area contributed by atoms with Crippen LogP contribution in [0.15, 0.2) is 42.9 Å². The molecule has 0 fully saturated rings. The van der Waals surface area contributed by atoms with Gasteiger partial charge in [0.25, 0.3) is 0 Å². The van der Waals surface area contributed by atoms with Crippen molar-refractivity contribution in [3.63, 3.8) is 0 Å². The van der Waals surface area contributed by atoms with Crippen molar-refractivity contribution in [3.05, 3.63) is 59.3 Å². The third kappa shape index (κ3) is 4.93. The van der Waals surface area contributed by atoms with Gasteiger partial charge in [0.05, 0.1) is 30.7 Å². The van der Waals surface area contributed by atoms with Crippen LogP contribution in [0.4, 0.5) is 21.8 Å². The Kier molecular flexibility index (Phi) is 6.02. The maximum atomic E-state index is 13.5. The summed E-state index contributed by atoms with van der Waals surface area (Å²) in [4.78, 5) is 19.3. The molecule has 1 aromatic carbocycles. The molecule has 146 valence electrons. The number of nitrogens with two attached hydrogens (primary N) is 1. The van der Waals surface area contributed by atoms with E-state index in [1.165, 1.54) is 29.2 Å². The predicted molar refractivity (Wildman–Crippen MR) is 102 cm³/mol. The fourth-order valence-corrected chi connectivity index (χ4v) is 2.60. The summed E-state index contributed by atoms with van der Waals surface area (Å²) in [5.74, 6) is -0.466. The largest absolute Gasteiger partial charge is 0.394 e. The van der Waals surface area contributed by atoms with Crippen LogP contribution >= 0.6 is 11.6 Å². The number of amides is 1. The van der Waals surface area contributed by atoms with Crippen LogP contribution in [0.25, 0.3) is 0 Å². The van der Waals surface area contributed by atoms with Crippen molar-refractivity contribution in [1.82, 2.24) is 19.7 Å². The number of carbonyl (C=O) groups excluding carboxylic acids is 1. The lowest BCUT2D eigenvalue weighted by atomic mass is 10.1. The lowest BCUT2D eigenvalue weighted by Gasteiger charge is -2.18. The topological polar surface area (TPSA) is 131 Å². The first kappa shape index (κ1) is 19.5. The molecule has 5 N–H and O–H groups in total. The summed E-state index contributed by atoms with van der Waals surface area (Å²) in [7, 11) is 0. The number of aliphatic hydroxyl groups excluding tert-OH is 1. The molecule has 1 amide bonds. The van der Waals surface area contributed by atoms with Crippen LogP contribution in [0.3, 0.4) is 0 Å². The van der Waals surface area contributed by atoms with Crippen LogP contribution in [-0.2, 0) is 11.3 Å². The first-order valence-electron chi connectivity index (χ1n) is 8.18. The molecular formula is C17H17ClFN7O2. The van der Waals surface area contributed by atoms with Crippen LogP contribution in [0.2, 0.25) is 5.02 Å². The Morgan fingerprint density at radius 1 is 1.39 bits per heavy atom. The van der Waals surface area contributed by atoms with Crippen LogP contribution in [0, 0.1) is 5.82 Å². The SMILES string of the molecule is NC(=O)Cn1cc(Nc2ncc(Cl)c(N[C@H](CO)c3cccc(F)c3)n2)cn1. The van der Waals surface area contributed by atoms with E-state index in [-0.39, 0.29) is 29.9 Å². The zero-order valence-corrected chi connectivity index (χ0v) is 15.3. The maximum absolute atomic E-state index is 13.5. The maximum Gasteiger partial charge on any atom is 0.239 e. The smallest absolute Gasteiger partial charge is 0.239 e. The molecule has 2 heterocycles. The van der Waals surface area contributed by atoms with E-state index in [1.807, 2.05) is 0 Å². The average molecular weight is 406 g/mol. The summed E-state index contributed by atoms with van der Waals surface area (Å²) in [5.41, 5.74) is 6.21. The molecule has 0 spiro atoms. The van der Waals surface area contributed by atoms with Crippen molar-refractivity contribution >= 4 is 35.0 Å². The van der Waals surface area contributed by atoms with Gasteiger partial charge in [0.15, 0.2) is 5.82 Å². The number of halogens is 2. The van der Waals surface area contributed by atoms with E-state index in [0.29, 0.717) is 11.3 Å². The summed E-state index contributed by atoms with van der Waals surface area (Å²) in [5, 5.41) is 19.8. The minimum atomic E-state index is -0.616. The van der Waals surface area contributed by atoms with Crippen molar-refractivity contribution in [2.24, 2.45) is 5.73 Å². The first-order valence-corrected chi connectivity index (χ1v) is 8.55. The molecule has 2 aromatic heterocycles. The zero-order valence-electron chi connectivity index (χ0n) is 14.5. The van der Waals surface area contributed by atoms with Crippen molar-refractivity contribution in [2.45, 2.75) is 12.6 Å². The number of hydrogen-bond donors (Lipinski definition) is 4. The lowest BCUT2D eigenvalue weighted by molar-refractivity contribution is -0.118. The summed E-state index contributed by atoms with van der Waals surface area (Å²) in [6.07, 6.45) is 4.43. The van der Waals surface area contributed by atoms with E-state index in [9.17, 15) is 14.3 Å². The molecule has 0 saturated heterocycles. The Hall–Kier alpha value is -3.24. The molecular weight excluding hydrogens is 389 g/mol. The quantitative estimate of drug-likeness (QED) is 0.449. The Morgan fingerprint density at radius 2 is 2.21 bits per heavy atom. The molecule has 0 aliphatic heterocycles. The molecule has 3 rings (SSSR count). The van der Waals surface area contributed by atoms with Gasteiger partial charge in [0.1, 0.15) is 17.4 Å². The van der Waals surface area contributed by atoms with Crippen molar-refractivity contribution in [2.75, 3.05) is 17.2 Å². The highest BCUT2D eigenvalue weighted by Gasteiger charge is 2.15. The molecule has 11 heteroatoms. The number of hydrogen-bond acceptors (Lipinski definition) is 7. The van der Waals surface area contributed by atoms with Crippen LogP contribution in [0.5, 0.6) is 0 Å². The highest BCUT2D eigenvalue weighted by Crippen LogP contribution is 2.26. The van der Waals surface area contributed by atoms with Gasteiger partial charge in [-0.2, -0.15) is 10.1 Å². The molecule has 1 atom stereocenters. The normalized spacial score (nSPS) is 11.8. The van der Waals surface area contributed by atoms with E-state index in [2.05, 4.69) is 25.7 Å². The average Bonchev–Trinajstić information content (AvgIpc) is 3.08. The number of benzene rings is 1. The second kappa shape index (κ2) is 8.63. The summed E-state index contributed by atoms with van der Waals surface area (Å²) in [6.45, 7) is -0.353. The van der Waals surface area contributed by atoms with Crippen molar-refractivity contribution in [1.29, 1.82) is 0 Å². The molecule has 9 nitrogen and oxygen atoms in total. The minimum Gasteiger partial charge on any atom is -0.394 e. The summed E-state index contributed by atoms with van der Waals surface area (Å²) >= 11 is 6.14. The zero-order chi connectivity index (χ0) is 20.1. The Morgan fingerprint density at radius 3 is 2.93 bits per heavy atom. The lowest BCUT2D eigenvalue weighted by Crippen LogP contribution is -2.18. The van der Waals surface area contributed by atoms with Crippen LogP contribution in [-0.4, -0.2) is 37.4 Å². The highest BCUT2D eigenvalue weighted by atomic mass is 35.5. The van der Waals surface area contributed by atoms with Gasteiger partial charge in [-0.1, -0.05) is 23.7 Å². The molecule has 0 bridgehead atoms. The number of nitrogens with one attached hydrogen (secondary N) is 2. The predicted octanol–water partition coefficient (Wildman–Crippen LogP) is 1.84. The molecule has 0 saturated carbocycles. The monoisotopic (exact) mass is 405 g/mol. The van der Waals surface area contributed by atoms with Gasteiger partial charge < -0.3 is 21.5 Å². The van der Waals surface area contributed by atoms with Gasteiger partial charge in [-0.15, -0.1) is 0 Å². The number of aromatic nitrogens is 4. The van der Waals surface area contributed by atoms with E-state index in [4.69, 9.17) is 17.3 Å². The number of anilines is 3. The van der Waals surface area contributed by atoms with E-state index in [1.54, 1.807) is 18.3 Å².